The molecule has 0 unspecified atom stereocenters. The Morgan fingerprint density at radius 1 is 1.38 bits per heavy atom. The van der Waals surface area contributed by atoms with Crippen LogP contribution in [0.3, 0.4) is 0 Å². The first kappa shape index (κ1) is 11.1. The average molecular weight is 222 g/mol. The predicted molar refractivity (Wildman–Crippen MR) is 60.4 cm³/mol. The second-order valence-electron chi connectivity index (χ2n) is 4.45. The molecule has 0 spiro atoms. The summed E-state index contributed by atoms with van der Waals surface area (Å²) in [6.45, 7) is 0. The Labute approximate surface area is 93.8 Å². The van der Waals surface area contributed by atoms with Crippen molar-refractivity contribution in [3.63, 3.8) is 0 Å². The zero-order valence-electron chi connectivity index (χ0n) is 9.00. The minimum absolute atomic E-state index is 0.103. The number of rotatable bonds is 3. The van der Waals surface area contributed by atoms with Crippen LogP contribution in [0.5, 0.6) is 0 Å². The van der Waals surface area contributed by atoms with Crippen LogP contribution in [-0.4, -0.2) is 11.4 Å². The number of halogens is 1. The highest BCUT2D eigenvalue weighted by Gasteiger charge is 2.34. The van der Waals surface area contributed by atoms with Gasteiger partial charge in [-0.1, -0.05) is 0 Å². The van der Waals surface area contributed by atoms with Gasteiger partial charge in [0.15, 0.2) is 0 Å². The highest BCUT2D eigenvalue weighted by molar-refractivity contribution is 5.91. The summed E-state index contributed by atoms with van der Waals surface area (Å²) in [7, 11) is 0. The molecule has 0 atom stereocenters. The van der Waals surface area contributed by atoms with E-state index in [1.807, 2.05) is 0 Å². The fraction of sp³-hybridized carbons (Fsp3) is 0.417. The topological polar surface area (TPSA) is 55.1 Å². The van der Waals surface area contributed by atoms with Crippen molar-refractivity contribution >= 4 is 11.6 Å². The molecule has 0 bridgehead atoms. The summed E-state index contributed by atoms with van der Waals surface area (Å²) in [4.78, 5) is 11.6. The van der Waals surface area contributed by atoms with E-state index >= 15 is 0 Å². The maximum absolute atomic E-state index is 12.6. The molecule has 2 rings (SSSR count). The molecule has 16 heavy (non-hydrogen) atoms. The molecule has 0 aromatic heterocycles. The van der Waals surface area contributed by atoms with Crippen LogP contribution < -0.4 is 11.1 Å². The highest BCUT2D eigenvalue weighted by atomic mass is 19.1. The highest BCUT2D eigenvalue weighted by Crippen LogP contribution is 2.32. The Hall–Kier alpha value is -1.42. The number of benzene rings is 1. The summed E-state index contributed by atoms with van der Waals surface area (Å²) < 4.78 is 12.6. The summed E-state index contributed by atoms with van der Waals surface area (Å²) in [5.41, 5.74) is 6.25. The summed E-state index contributed by atoms with van der Waals surface area (Å²) in [6.07, 6.45) is 3.25. The Morgan fingerprint density at radius 2 is 2.00 bits per heavy atom. The van der Waals surface area contributed by atoms with E-state index in [1.54, 1.807) is 0 Å². The first-order valence-electron chi connectivity index (χ1n) is 5.42. The maximum Gasteiger partial charge on any atom is 0.226 e. The number of carbonyl (C=O) groups is 1. The van der Waals surface area contributed by atoms with Crippen molar-refractivity contribution in [1.82, 2.24) is 0 Å². The molecule has 0 aliphatic heterocycles. The van der Waals surface area contributed by atoms with Crippen molar-refractivity contribution in [2.24, 2.45) is 5.73 Å². The Bertz CT molecular complexity index is 385. The Balaban J connectivity index is 1.89. The first-order chi connectivity index (χ1) is 7.57. The molecule has 1 aromatic rings. The van der Waals surface area contributed by atoms with Gasteiger partial charge >= 0.3 is 0 Å². The first-order valence-corrected chi connectivity index (χ1v) is 5.42. The summed E-state index contributed by atoms with van der Waals surface area (Å²) in [5.74, 6) is -0.416. The van der Waals surface area contributed by atoms with Gasteiger partial charge in [0, 0.05) is 17.6 Å². The Kier molecular flexibility index (Phi) is 2.92. The maximum atomic E-state index is 12.6. The number of nitrogens with two attached hydrogens (primary N) is 1. The summed E-state index contributed by atoms with van der Waals surface area (Å²) in [5, 5.41) is 2.71. The molecule has 1 aliphatic carbocycles. The third-order valence-electron chi connectivity index (χ3n) is 2.99. The van der Waals surface area contributed by atoms with Gasteiger partial charge in [-0.25, -0.2) is 4.39 Å². The van der Waals surface area contributed by atoms with Gasteiger partial charge < -0.3 is 11.1 Å². The number of anilines is 1. The quantitative estimate of drug-likeness (QED) is 0.822. The van der Waals surface area contributed by atoms with Crippen LogP contribution in [0.1, 0.15) is 25.7 Å². The van der Waals surface area contributed by atoms with Crippen molar-refractivity contribution in [2.75, 3.05) is 5.32 Å². The lowest BCUT2D eigenvalue weighted by molar-refractivity contribution is -0.118. The fourth-order valence-corrected chi connectivity index (χ4v) is 1.87. The van der Waals surface area contributed by atoms with E-state index in [-0.39, 0.29) is 17.3 Å². The van der Waals surface area contributed by atoms with Crippen molar-refractivity contribution in [3.05, 3.63) is 30.1 Å². The van der Waals surface area contributed by atoms with Gasteiger partial charge in [0.2, 0.25) is 5.91 Å². The molecular weight excluding hydrogens is 207 g/mol. The lowest BCUT2D eigenvalue weighted by Crippen LogP contribution is -2.48. The predicted octanol–water partition coefficient (Wildman–Crippen LogP) is 2.04. The third kappa shape index (κ3) is 2.58. The van der Waals surface area contributed by atoms with Crippen LogP contribution in [0.2, 0.25) is 0 Å². The van der Waals surface area contributed by atoms with Crippen molar-refractivity contribution in [1.29, 1.82) is 0 Å². The van der Waals surface area contributed by atoms with E-state index in [4.69, 9.17) is 5.73 Å². The molecule has 1 amide bonds. The molecule has 1 fully saturated rings. The van der Waals surface area contributed by atoms with Crippen molar-refractivity contribution in [2.45, 2.75) is 31.2 Å². The molecular formula is C12H15FN2O. The lowest BCUT2D eigenvalue weighted by atomic mass is 9.75. The van der Waals surface area contributed by atoms with Gasteiger partial charge in [-0.15, -0.1) is 0 Å². The molecule has 1 saturated carbocycles. The monoisotopic (exact) mass is 222 g/mol. The van der Waals surface area contributed by atoms with E-state index in [2.05, 4.69) is 5.32 Å². The van der Waals surface area contributed by atoms with Gasteiger partial charge in [-0.05, 0) is 43.5 Å². The minimum atomic E-state index is -0.315. The van der Waals surface area contributed by atoms with Gasteiger partial charge in [0.1, 0.15) is 5.82 Å². The largest absolute Gasteiger partial charge is 0.326 e. The van der Waals surface area contributed by atoms with E-state index < -0.39 is 0 Å². The SMILES string of the molecule is NC1(CC(=O)Nc2ccc(F)cc2)CCC1. The van der Waals surface area contributed by atoms with Gasteiger partial charge in [0.05, 0.1) is 0 Å². The lowest BCUT2D eigenvalue weighted by Gasteiger charge is -2.37. The summed E-state index contributed by atoms with van der Waals surface area (Å²) in [6, 6.07) is 5.71. The minimum Gasteiger partial charge on any atom is -0.326 e. The van der Waals surface area contributed by atoms with Crippen LogP contribution in [-0.2, 0) is 4.79 Å². The second kappa shape index (κ2) is 4.22. The molecule has 86 valence electrons. The molecule has 1 aliphatic rings. The standard InChI is InChI=1S/C12H15FN2O/c13-9-2-4-10(5-3-9)15-11(16)8-12(14)6-1-7-12/h2-5H,1,6-8,14H2,(H,15,16). The second-order valence-corrected chi connectivity index (χ2v) is 4.45. The molecule has 0 heterocycles. The van der Waals surface area contributed by atoms with E-state index in [0.29, 0.717) is 12.1 Å². The Morgan fingerprint density at radius 3 is 2.50 bits per heavy atom. The van der Waals surface area contributed by atoms with Crippen LogP contribution in [0, 0.1) is 5.82 Å². The molecule has 0 radical (unpaired) electrons. The number of amides is 1. The van der Waals surface area contributed by atoms with Crippen LogP contribution in [0.15, 0.2) is 24.3 Å². The number of carbonyl (C=O) groups excluding carboxylic acids is 1. The average Bonchev–Trinajstić information content (AvgIpc) is 2.19. The van der Waals surface area contributed by atoms with Gasteiger partial charge in [-0.3, -0.25) is 4.79 Å². The number of hydrogen-bond donors (Lipinski definition) is 2. The molecule has 0 saturated heterocycles. The smallest absolute Gasteiger partial charge is 0.226 e. The van der Waals surface area contributed by atoms with Crippen molar-refractivity contribution in [3.8, 4) is 0 Å². The molecule has 4 heteroatoms. The zero-order chi connectivity index (χ0) is 11.6. The van der Waals surface area contributed by atoms with Crippen LogP contribution in [0.4, 0.5) is 10.1 Å². The van der Waals surface area contributed by atoms with Gasteiger partial charge in [0.25, 0.3) is 0 Å². The fourth-order valence-electron chi connectivity index (χ4n) is 1.87. The number of hydrogen-bond acceptors (Lipinski definition) is 2. The molecule has 1 aromatic carbocycles. The molecule has 3 N–H and O–H groups in total. The van der Waals surface area contributed by atoms with E-state index in [0.717, 1.165) is 19.3 Å². The zero-order valence-corrected chi connectivity index (χ0v) is 9.00. The van der Waals surface area contributed by atoms with Crippen LogP contribution in [0.25, 0.3) is 0 Å². The van der Waals surface area contributed by atoms with Crippen molar-refractivity contribution < 1.29 is 9.18 Å². The normalized spacial score (nSPS) is 17.6. The molecule has 3 nitrogen and oxygen atoms in total. The van der Waals surface area contributed by atoms with E-state index in [9.17, 15) is 9.18 Å². The third-order valence-corrected chi connectivity index (χ3v) is 2.99. The summed E-state index contributed by atoms with van der Waals surface area (Å²) >= 11 is 0. The van der Waals surface area contributed by atoms with E-state index in [1.165, 1.54) is 24.3 Å². The number of nitrogens with one attached hydrogen (secondary N) is 1. The van der Waals surface area contributed by atoms with Gasteiger partial charge in [-0.2, -0.15) is 0 Å². The van der Waals surface area contributed by atoms with Crippen LogP contribution >= 0.6 is 0 Å².